The molecule has 0 saturated heterocycles. The summed E-state index contributed by atoms with van der Waals surface area (Å²) in [4.78, 5) is 10.4. The first kappa shape index (κ1) is 15.1. The second kappa shape index (κ2) is 6.83. The van der Waals surface area contributed by atoms with E-state index in [1.54, 1.807) is 0 Å². The predicted octanol–water partition coefficient (Wildman–Crippen LogP) is 1.34. The quantitative estimate of drug-likeness (QED) is 0.687. The number of carbonyl (C=O) groups is 1. The van der Waals surface area contributed by atoms with Crippen LogP contribution in [0.1, 0.15) is 5.56 Å². The lowest BCUT2D eigenvalue weighted by Crippen LogP contribution is -2.35. The van der Waals surface area contributed by atoms with Crippen molar-refractivity contribution in [3.05, 3.63) is 29.8 Å². The number of urea groups is 1. The second-order valence-electron chi connectivity index (χ2n) is 3.66. The molecule has 0 unspecified atom stereocenters. The van der Waals surface area contributed by atoms with Crippen LogP contribution in [-0.2, 0) is 6.54 Å². The Morgan fingerprint density at radius 3 is 2.37 bits per heavy atom. The number of nitrogens with two attached hydrogens (primary N) is 1. The van der Waals surface area contributed by atoms with E-state index in [2.05, 4.69) is 15.4 Å². The third kappa shape index (κ3) is 7.14. The third-order valence-corrected chi connectivity index (χ3v) is 2.09. The van der Waals surface area contributed by atoms with E-state index in [0.29, 0.717) is 19.6 Å². The van der Waals surface area contributed by atoms with Gasteiger partial charge in [-0.25, -0.2) is 4.79 Å². The smallest absolute Gasteiger partial charge is 0.406 e. The molecule has 2 amide bonds. The van der Waals surface area contributed by atoms with Crippen molar-refractivity contribution in [3.8, 4) is 5.75 Å². The minimum Gasteiger partial charge on any atom is -0.406 e. The number of hydrogen-bond acceptors (Lipinski definition) is 3. The van der Waals surface area contributed by atoms with E-state index in [1.807, 2.05) is 0 Å². The number of primary amides is 1. The Bertz CT molecular complexity index is 407. The summed E-state index contributed by atoms with van der Waals surface area (Å²) in [5.41, 5.74) is 5.67. The molecule has 0 aromatic heterocycles. The van der Waals surface area contributed by atoms with E-state index in [4.69, 9.17) is 5.73 Å². The average Bonchev–Trinajstić information content (AvgIpc) is 2.28. The Morgan fingerprint density at radius 2 is 1.84 bits per heavy atom. The Labute approximate surface area is 107 Å². The van der Waals surface area contributed by atoms with Crippen LogP contribution in [-0.4, -0.2) is 25.5 Å². The zero-order chi connectivity index (χ0) is 14.3. The van der Waals surface area contributed by atoms with Crippen LogP contribution < -0.4 is 21.1 Å². The first-order valence-electron chi connectivity index (χ1n) is 5.45. The molecule has 1 rings (SSSR count). The molecule has 0 atom stereocenters. The van der Waals surface area contributed by atoms with Crippen LogP contribution in [0.3, 0.4) is 0 Å². The zero-order valence-corrected chi connectivity index (χ0v) is 9.96. The summed E-state index contributed by atoms with van der Waals surface area (Å²) in [6.45, 7) is 1.35. The van der Waals surface area contributed by atoms with Gasteiger partial charge in [-0.15, -0.1) is 13.2 Å². The van der Waals surface area contributed by atoms with Gasteiger partial charge in [-0.3, -0.25) is 0 Å². The van der Waals surface area contributed by atoms with Gasteiger partial charge in [0.25, 0.3) is 0 Å². The molecule has 0 aliphatic carbocycles. The summed E-state index contributed by atoms with van der Waals surface area (Å²) in [7, 11) is 0. The fourth-order valence-electron chi connectivity index (χ4n) is 1.32. The highest BCUT2D eigenvalue weighted by Crippen LogP contribution is 2.22. The van der Waals surface area contributed by atoms with Gasteiger partial charge in [0.05, 0.1) is 0 Å². The molecule has 19 heavy (non-hydrogen) atoms. The predicted molar refractivity (Wildman–Crippen MR) is 62.4 cm³/mol. The summed E-state index contributed by atoms with van der Waals surface area (Å²) in [5.74, 6) is -0.258. The first-order chi connectivity index (χ1) is 8.87. The molecule has 1 aromatic carbocycles. The van der Waals surface area contributed by atoms with Crippen molar-refractivity contribution in [1.29, 1.82) is 0 Å². The first-order valence-corrected chi connectivity index (χ1v) is 5.45. The van der Waals surface area contributed by atoms with Crippen LogP contribution in [0.2, 0.25) is 0 Å². The summed E-state index contributed by atoms with van der Waals surface area (Å²) in [6, 6.07) is 4.93. The molecule has 0 aliphatic rings. The number of rotatable bonds is 6. The van der Waals surface area contributed by atoms with Crippen LogP contribution in [0, 0.1) is 0 Å². The second-order valence-corrected chi connectivity index (χ2v) is 3.66. The highest BCUT2D eigenvalue weighted by Gasteiger charge is 2.30. The molecular formula is C11H14F3N3O2. The number of amides is 2. The van der Waals surface area contributed by atoms with Gasteiger partial charge in [0.2, 0.25) is 0 Å². The summed E-state index contributed by atoms with van der Waals surface area (Å²) in [5, 5.41) is 5.39. The number of ether oxygens (including phenoxy) is 1. The molecule has 4 N–H and O–H groups in total. The fourth-order valence-corrected chi connectivity index (χ4v) is 1.32. The SMILES string of the molecule is NC(=O)NCCNCc1ccc(OC(F)(F)F)cc1. The van der Waals surface area contributed by atoms with E-state index < -0.39 is 12.4 Å². The topological polar surface area (TPSA) is 76.4 Å². The van der Waals surface area contributed by atoms with Crippen LogP contribution in [0.25, 0.3) is 0 Å². The van der Waals surface area contributed by atoms with Crippen molar-refractivity contribution in [1.82, 2.24) is 10.6 Å². The maximum atomic E-state index is 11.9. The number of nitrogens with one attached hydrogen (secondary N) is 2. The molecule has 0 fully saturated rings. The molecule has 0 bridgehead atoms. The van der Waals surface area contributed by atoms with Crippen LogP contribution >= 0.6 is 0 Å². The van der Waals surface area contributed by atoms with Crippen LogP contribution in [0.5, 0.6) is 5.75 Å². The van der Waals surface area contributed by atoms with Gasteiger partial charge >= 0.3 is 12.4 Å². The molecule has 8 heteroatoms. The van der Waals surface area contributed by atoms with Gasteiger partial charge in [0, 0.05) is 19.6 Å². The average molecular weight is 277 g/mol. The fraction of sp³-hybridized carbons (Fsp3) is 0.364. The van der Waals surface area contributed by atoms with Crippen molar-refractivity contribution in [2.75, 3.05) is 13.1 Å². The highest BCUT2D eigenvalue weighted by molar-refractivity contribution is 5.71. The van der Waals surface area contributed by atoms with Crippen molar-refractivity contribution in [2.45, 2.75) is 12.9 Å². The molecular weight excluding hydrogens is 263 g/mol. The lowest BCUT2D eigenvalue weighted by molar-refractivity contribution is -0.274. The lowest BCUT2D eigenvalue weighted by Gasteiger charge is -2.09. The van der Waals surface area contributed by atoms with Crippen molar-refractivity contribution in [2.24, 2.45) is 5.73 Å². The van der Waals surface area contributed by atoms with Gasteiger partial charge in [0.1, 0.15) is 5.75 Å². The minimum absolute atomic E-state index is 0.258. The molecule has 106 valence electrons. The highest BCUT2D eigenvalue weighted by atomic mass is 19.4. The molecule has 5 nitrogen and oxygen atoms in total. The normalized spacial score (nSPS) is 11.1. The number of benzene rings is 1. The van der Waals surface area contributed by atoms with Crippen molar-refractivity contribution < 1.29 is 22.7 Å². The van der Waals surface area contributed by atoms with Gasteiger partial charge in [-0.2, -0.15) is 0 Å². The number of alkyl halides is 3. The van der Waals surface area contributed by atoms with E-state index in [-0.39, 0.29) is 5.75 Å². The summed E-state index contributed by atoms with van der Waals surface area (Å²) >= 11 is 0. The molecule has 0 spiro atoms. The van der Waals surface area contributed by atoms with Gasteiger partial charge in [-0.1, -0.05) is 12.1 Å². The van der Waals surface area contributed by atoms with E-state index >= 15 is 0 Å². The number of halogens is 3. The van der Waals surface area contributed by atoms with E-state index in [1.165, 1.54) is 24.3 Å². The molecule has 0 aliphatic heterocycles. The summed E-state index contributed by atoms with van der Waals surface area (Å²) in [6.07, 6.45) is -4.68. The Kier molecular flexibility index (Phi) is 5.43. The van der Waals surface area contributed by atoms with Gasteiger partial charge in [0.15, 0.2) is 0 Å². The Morgan fingerprint density at radius 1 is 1.21 bits per heavy atom. The third-order valence-electron chi connectivity index (χ3n) is 2.09. The van der Waals surface area contributed by atoms with Gasteiger partial charge in [-0.05, 0) is 17.7 Å². The maximum absolute atomic E-state index is 11.9. The standard InChI is InChI=1S/C11H14F3N3O2/c12-11(13,14)19-9-3-1-8(2-4-9)7-16-5-6-17-10(15)18/h1-4,16H,5-7H2,(H3,15,17,18). The maximum Gasteiger partial charge on any atom is 0.573 e. The zero-order valence-electron chi connectivity index (χ0n) is 9.96. The minimum atomic E-state index is -4.68. The largest absolute Gasteiger partial charge is 0.573 e. The molecule has 1 aromatic rings. The Balaban J connectivity index is 2.30. The molecule has 0 saturated carbocycles. The van der Waals surface area contributed by atoms with Crippen LogP contribution in [0.15, 0.2) is 24.3 Å². The van der Waals surface area contributed by atoms with Gasteiger partial charge < -0.3 is 21.1 Å². The Hall–Kier alpha value is -1.96. The molecule has 0 radical (unpaired) electrons. The number of carbonyl (C=O) groups excluding carboxylic acids is 1. The lowest BCUT2D eigenvalue weighted by atomic mass is 10.2. The monoisotopic (exact) mass is 277 g/mol. The summed E-state index contributed by atoms with van der Waals surface area (Å²) < 4.78 is 39.5. The van der Waals surface area contributed by atoms with E-state index in [0.717, 1.165) is 5.56 Å². The van der Waals surface area contributed by atoms with E-state index in [9.17, 15) is 18.0 Å². The van der Waals surface area contributed by atoms with Crippen molar-refractivity contribution >= 4 is 6.03 Å². The van der Waals surface area contributed by atoms with Crippen LogP contribution in [0.4, 0.5) is 18.0 Å². The van der Waals surface area contributed by atoms with Crippen molar-refractivity contribution in [3.63, 3.8) is 0 Å². The molecule has 0 heterocycles. The number of hydrogen-bond donors (Lipinski definition) is 3.